The number of rotatable bonds is 1. The molecular weight excluding hydrogens is 156 g/mol. The summed E-state index contributed by atoms with van der Waals surface area (Å²) in [6.07, 6.45) is 1.31. The molecule has 1 aliphatic carbocycles. The first-order chi connectivity index (χ1) is 5.53. The molecule has 12 heavy (non-hydrogen) atoms. The Labute approximate surface area is 72.7 Å². The lowest BCUT2D eigenvalue weighted by molar-refractivity contribution is -0.201. The number of methoxy groups -OCH3 is 1. The molecule has 70 valence electrons. The highest BCUT2D eigenvalue weighted by molar-refractivity contribution is 5.10. The van der Waals surface area contributed by atoms with E-state index in [2.05, 4.69) is 0 Å². The molecule has 3 nitrogen and oxygen atoms in total. The van der Waals surface area contributed by atoms with Gasteiger partial charge in [0.05, 0.1) is 11.7 Å². The van der Waals surface area contributed by atoms with E-state index in [4.69, 9.17) is 9.47 Å². The summed E-state index contributed by atoms with van der Waals surface area (Å²) < 4.78 is 10.8. The van der Waals surface area contributed by atoms with E-state index < -0.39 is 0 Å². The van der Waals surface area contributed by atoms with Crippen molar-refractivity contribution in [2.24, 2.45) is 5.41 Å². The van der Waals surface area contributed by atoms with E-state index in [0.717, 1.165) is 12.8 Å². The summed E-state index contributed by atoms with van der Waals surface area (Å²) in [5.41, 5.74) is -0.557. The van der Waals surface area contributed by atoms with Crippen LogP contribution in [0.4, 0.5) is 0 Å². The Hall–Kier alpha value is -0.120. The minimum atomic E-state index is -0.380. The molecule has 1 saturated heterocycles. The summed E-state index contributed by atoms with van der Waals surface area (Å²) in [5.74, 6) is 0. The third kappa shape index (κ3) is 0.767. The standard InChI is InChI=1S/C9H16O3/c1-8-4-5-9(2,6(8)10)12-7(8)11-3/h6-7,10H,4-5H2,1-3H3. The van der Waals surface area contributed by atoms with Gasteiger partial charge in [-0.2, -0.15) is 0 Å². The average molecular weight is 172 g/mol. The minimum absolute atomic E-state index is 0.191. The molecule has 1 aliphatic heterocycles. The smallest absolute Gasteiger partial charge is 0.165 e. The van der Waals surface area contributed by atoms with E-state index in [1.54, 1.807) is 7.11 Å². The van der Waals surface area contributed by atoms with Crippen LogP contribution in [0.1, 0.15) is 26.7 Å². The quantitative estimate of drug-likeness (QED) is 0.639. The number of hydrogen-bond acceptors (Lipinski definition) is 3. The molecule has 0 radical (unpaired) electrons. The molecule has 0 spiro atoms. The molecule has 1 saturated carbocycles. The summed E-state index contributed by atoms with van der Waals surface area (Å²) in [6, 6.07) is 0. The Morgan fingerprint density at radius 3 is 2.33 bits per heavy atom. The molecule has 2 rings (SSSR count). The van der Waals surface area contributed by atoms with Gasteiger partial charge in [0.25, 0.3) is 0 Å². The van der Waals surface area contributed by atoms with Crippen molar-refractivity contribution in [1.29, 1.82) is 0 Å². The van der Waals surface area contributed by atoms with E-state index in [1.807, 2.05) is 13.8 Å². The number of hydrogen-bond donors (Lipinski definition) is 1. The van der Waals surface area contributed by atoms with Gasteiger partial charge in [0.1, 0.15) is 0 Å². The van der Waals surface area contributed by atoms with Gasteiger partial charge in [-0.1, -0.05) is 6.92 Å². The molecular formula is C9H16O3. The molecule has 0 aromatic rings. The molecule has 2 fully saturated rings. The van der Waals surface area contributed by atoms with Crippen LogP contribution in [-0.4, -0.2) is 30.2 Å². The molecule has 4 unspecified atom stereocenters. The maximum Gasteiger partial charge on any atom is 0.165 e. The Kier molecular flexibility index (Phi) is 1.57. The Bertz CT molecular complexity index is 206. The van der Waals surface area contributed by atoms with Gasteiger partial charge < -0.3 is 14.6 Å². The summed E-state index contributed by atoms with van der Waals surface area (Å²) in [5, 5.41) is 9.94. The largest absolute Gasteiger partial charge is 0.389 e. The Morgan fingerprint density at radius 1 is 1.42 bits per heavy atom. The number of aliphatic hydroxyl groups excluding tert-OH is 1. The van der Waals surface area contributed by atoms with Gasteiger partial charge in [0.15, 0.2) is 6.29 Å². The minimum Gasteiger partial charge on any atom is -0.389 e. The normalized spacial score (nSPS) is 58.0. The molecule has 0 aromatic carbocycles. The lowest BCUT2D eigenvalue weighted by Gasteiger charge is -2.30. The Morgan fingerprint density at radius 2 is 2.08 bits per heavy atom. The first kappa shape index (κ1) is 8.48. The van der Waals surface area contributed by atoms with Gasteiger partial charge in [-0.25, -0.2) is 0 Å². The van der Waals surface area contributed by atoms with Crippen molar-refractivity contribution in [1.82, 2.24) is 0 Å². The van der Waals surface area contributed by atoms with Crippen molar-refractivity contribution in [2.75, 3.05) is 7.11 Å². The predicted octanol–water partition coefficient (Wildman–Crippen LogP) is 0.909. The molecule has 0 amide bonds. The molecule has 0 aromatic heterocycles. The maximum absolute atomic E-state index is 9.94. The zero-order valence-electron chi connectivity index (χ0n) is 7.83. The summed E-state index contributed by atoms with van der Waals surface area (Å²) in [7, 11) is 1.63. The van der Waals surface area contributed by atoms with Crippen LogP contribution < -0.4 is 0 Å². The zero-order chi connectivity index (χ0) is 8.98. The molecule has 2 aliphatic rings. The van der Waals surface area contributed by atoms with Gasteiger partial charge in [-0.05, 0) is 19.8 Å². The van der Waals surface area contributed by atoms with Crippen LogP contribution in [0.5, 0.6) is 0 Å². The lowest BCUT2D eigenvalue weighted by atomic mass is 9.86. The number of ether oxygens (including phenoxy) is 2. The molecule has 4 atom stereocenters. The fraction of sp³-hybridized carbons (Fsp3) is 1.00. The van der Waals surface area contributed by atoms with Crippen LogP contribution in [0.15, 0.2) is 0 Å². The highest BCUT2D eigenvalue weighted by Crippen LogP contribution is 2.56. The molecule has 2 bridgehead atoms. The van der Waals surface area contributed by atoms with Crippen LogP contribution in [0, 0.1) is 5.41 Å². The highest BCUT2D eigenvalue weighted by atomic mass is 16.7. The second-order valence-electron chi connectivity index (χ2n) is 4.41. The molecule has 1 N–H and O–H groups in total. The van der Waals surface area contributed by atoms with Crippen LogP contribution in [0.2, 0.25) is 0 Å². The monoisotopic (exact) mass is 172 g/mol. The topological polar surface area (TPSA) is 38.7 Å². The maximum atomic E-state index is 9.94. The average Bonchev–Trinajstić information content (AvgIpc) is 2.38. The van der Waals surface area contributed by atoms with Crippen molar-refractivity contribution < 1.29 is 14.6 Å². The summed E-state index contributed by atoms with van der Waals surface area (Å²) in [6.45, 7) is 3.99. The Balaban J connectivity index is 2.31. The first-order valence-corrected chi connectivity index (χ1v) is 4.42. The van der Waals surface area contributed by atoms with Gasteiger partial charge in [-0.3, -0.25) is 0 Å². The van der Waals surface area contributed by atoms with Crippen molar-refractivity contribution in [2.45, 2.75) is 44.7 Å². The van der Waals surface area contributed by atoms with E-state index in [-0.39, 0.29) is 23.4 Å². The van der Waals surface area contributed by atoms with Gasteiger partial charge >= 0.3 is 0 Å². The number of aliphatic hydroxyl groups is 1. The van der Waals surface area contributed by atoms with Crippen LogP contribution in [0.3, 0.4) is 0 Å². The van der Waals surface area contributed by atoms with Crippen molar-refractivity contribution in [3.05, 3.63) is 0 Å². The van der Waals surface area contributed by atoms with Crippen LogP contribution in [0.25, 0.3) is 0 Å². The van der Waals surface area contributed by atoms with Crippen LogP contribution in [-0.2, 0) is 9.47 Å². The number of fused-ring (bicyclic) bond motifs is 2. The third-order valence-corrected chi connectivity index (χ3v) is 3.49. The second kappa shape index (κ2) is 2.22. The fourth-order valence-corrected chi connectivity index (χ4v) is 2.56. The van der Waals surface area contributed by atoms with E-state index in [9.17, 15) is 5.11 Å². The molecule has 3 heteroatoms. The van der Waals surface area contributed by atoms with E-state index in [1.165, 1.54) is 0 Å². The van der Waals surface area contributed by atoms with Crippen LogP contribution >= 0.6 is 0 Å². The highest BCUT2D eigenvalue weighted by Gasteiger charge is 2.64. The third-order valence-electron chi connectivity index (χ3n) is 3.49. The van der Waals surface area contributed by atoms with E-state index >= 15 is 0 Å². The predicted molar refractivity (Wildman–Crippen MR) is 43.6 cm³/mol. The van der Waals surface area contributed by atoms with Crippen molar-refractivity contribution in [3.8, 4) is 0 Å². The van der Waals surface area contributed by atoms with Gasteiger partial charge in [-0.15, -0.1) is 0 Å². The second-order valence-corrected chi connectivity index (χ2v) is 4.41. The lowest BCUT2D eigenvalue weighted by Crippen LogP contribution is -2.35. The molecule has 1 heterocycles. The van der Waals surface area contributed by atoms with Crippen molar-refractivity contribution >= 4 is 0 Å². The van der Waals surface area contributed by atoms with Gasteiger partial charge in [0, 0.05) is 12.5 Å². The summed E-state index contributed by atoms with van der Waals surface area (Å²) >= 11 is 0. The first-order valence-electron chi connectivity index (χ1n) is 4.42. The zero-order valence-corrected chi connectivity index (χ0v) is 7.83. The van der Waals surface area contributed by atoms with Crippen molar-refractivity contribution in [3.63, 3.8) is 0 Å². The van der Waals surface area contributed by atoms with E-state index in [0.29, 0.717) is 0 Å². The van der Waals surface area contributed by atoms with Gasteiger partial charge in [0.2, 0.25) is 0 Å². The fourth-order valence-electron chi connectivity index (χ4n) is 2.56. The summed E-state index contributed by atoms with van der Waals surface area (Å²) in [4.78, 5) is 0. The SMILES string of the molecule is COC1OC2(C)CCC1(C)C2O.